The Balaban J connectivity index is 1.73. The summed E-state index contributed by atoms with van der Waals surface area (Å²) in [6.45, 7) is 5.94. The summed E-state index contributed by atoms with van der Waals surface area (Å²) in [6, 6.07) is -0.0852. The summed E-state index contributed by atoms with van der Waals surface area (Å²) in [4.78, 5) is 41.7. The summed E-state index contributed by atoms with van der Waals surface area (Å²) in [5.74, 6) is -0.182. The SMILES string of the molecule is CC(C)N(C(=O)CN1C(=O)NC2(CCCCC2C)C1=O)C1CCCCC1. The number of hydrogen-bond acceptors (Lipinski definition) is 3. The maximum Gasteiger partial charge on any atom is 0.325 e. The maximum absolute atomic E-state index is 13.1. The molecule has 3 aliphatic rings. The van der Waals surface area contributed by atoms with Crippen LogP contribution < -0.4 is 5.32 Å². The van der Waals surface area contributed by atoms with Crippen molar-refractivity contribution in [3.63, 3.8) is 0 Å². The fourth-order valence-electron chi connectivity index (χ4n) is 5.13. The van der Waals surface area contributed by atoms with Crippen LogP contribution in [0.5, 0.6) is 0 Å². The first-order valence-corrected chi connectivity index (χ1v) is 10.3. The third-order valence-electron chi connectivity index (χ3n) is 6.61. The molecule has 0 aromatic heterocycles. The van der Waals surface area contributed by atoms with Gasteiger partial charge in [-0.3, -0.25) is 14.5 Å². The molecule has 1 spiro atoms. The van der Waals surface area contributed by atoms with Crippen molar-refractivity contribution in [2.24, 2.45) is 5.92 Å². The highest BCUT2D eigenvalue weighted by atomic mass is 16.2. The molecule has 2 saturated carbocycles. The number of amides is 4. The van der Waals surface area contributed by atoms with E-state index in [4.69, 9.17) is 0 Å². The third-order valence-corrected chi connectivity index (χ3v) is 6.61. The van der Waals surface area contributed by atoms with Gasteiger partial charge < -0.3 is 10.2 Å². The van der Waals surface area contributed by atoms with Gasteiger partial charge in [0, 0.05) is 12.1 Å². The van der Waals surface area contributed by atoms with Gasteiger partial charge in [-0.25, -0.2) is 4.79 Å². The highest BCUT2D eigenvalue weighted by molar-refractivity contribution is 6.09. The predicted octanol–water partition coefficient (Wildman–Crippen LogP) is 3.06. The number of carbonyl (C=O) groups is 3. The average Bonchev–Trinajstić information content (AvgIpc) is 2.83. The second-order valence-electron chi connectivity index (χ2n) is 8.63. The Labute approximate surface area is 156 Å². The van der Waals surface area contributed by atoms with Crippen LogP contribution in [0.25, 0.3) is 0 Å². The second-order valence-corrected chi connectivity index (χ2v) is 8.63. The molecule has 4 amide bonds. The zero-order valence-corrected chi connectivity index (χ0v) is 16.4. The highest BCUT2D eigenvalue weighted by Crippen LogP contribution is 2.38. The fourth-order valence-corrected chi connectivity index (χ4v) is 5.13. The van der Waals surface area contributed by atoms with Crippen LogP contribution in [0.4, 0.5) is 4.79 Å². The Morgan fingerprint density at radius 3 is 2.42 bits per heavy atom. The minimum Gasteiger partial charge on any atom is -0.336 e. The number of urea groups is 1. The van der Waals surface area contributed by atoms with Gasteiger partial charge in [-0.15, -0.1) is 0 Å². The topological polar surface area (TPSA) is 69.7 Å². The molecule has 0 aromatic carbocycles. The quantitative estimate of drug-likeness (QED) is 0.781. The summed E-state index contributed by atoms with van der Waals surface area (Å²) < 4.78 is 0. The number of nitrogens with one attached hydrogen (secondary N) is 1. The van der Waals surface area contributed by atoms with E-state index in [-0.39, 0.29) is 36.4 Å². The minimum atomic E-state index is -0.789. The van der Waals surface area contributed by atoms with Crippen molar-refractivity contribution in [1.29, 1.82) is 0 Å². The summed E-state index contributed by atoms with van der Waals surface area (Å²) >= 11 is 0. The largest absolute Gasteiger partial charge is 0.336 e. The third kappa shape index (κ3) is 3.35. The van der Waals surface area contributed by atoms with Crippen LogP contribution >= 0.6 is 0 Å². The molecule has 1 N–H and O–H groups in total. The Morgan fingerprint density at radius 2 is 1.81 bits per heavy atom. The lowest BCUT2D eigenvalue weighted by molar-refractivity contribution is -0.143. The van der Waals surface area contributed by atoms with Crippen LogP contribution in [0.2, 0.25) is 0 Å². The van der Waals surface area contributed by atoms with E-state index in [1.807, 2.05) is 25.7 Å². The van der Waals surface area contributed by atoms with Crippen molar-refractivity contribution >= 4 is 17.8 Å². The van der Waals surface area contributed by atoms with Crippen LogP contribution in [0.3, 0.4) is 0 Å². The van der Waals surface area contributed by atoms with E-state index in [0.717, 1.165) is 44.9 Å². The molecule has 1 saturated heterocycles. The first kappa shape index (κ1) is 19.2. The molecule has 26 heavy (non-hydrogen) atoms. The van der Waals surface area contributed by atoms with Gasteiger partial charge in [-0.2, -0.15) is 0 Å². The van der Waals surface area contributed by atoms with Crippen molar-refractivity contribution in [2.75, 3.05) is 6.54 Å². The molecule has 1 aliphatic heterocycles. The molecule has 146 valence electrons. The van der Waals surface area contributed by atoms with E-state index in [0.29, 0.717) is 6.42 Å². The second kappa shape index (κ2) is 7.57. The van der Waals surface area contributed by atoms with E-state index >= 15 is 0 Å². The molecule has 2 unspecified atom stereocenters. The number of carbonyl (C=O) groups excluding carboxylic acids is 3. The van der Waals surface area contributed by atoms with Crippen LogP contribution in [-0.4, -0.2) is 51.8 Å². The van der Waals surface area contributed by atoms with Gasteiger partial charge in [0.05, 0.1) is 0 Å². The lowest BCUT2D eigenvalue weighted by Gasteiger charge is -2.38. The van der Waals surface area contributed by atoms with E-state index < -0.39 is 11.6 Å². The number of imide groups is 1. The van der Waals surface area contributed by atoms with Gasteiger partial charge in [0.2, 0.25) is 5.91 Å². The summed E-state index contributed by atoms with van der Waals surface area (Å²) in [5, 5.41) is 2.94. The van der Waals surface area contributed by atoms with Crippen LogP contribution in [0.1, 0.15) is 78.6 Å². The Kier molecular flexibility index (Phi) is 5.58. The summed E-state index contributed by atoms with van der Waals surface area (Å²) in [5.41, 5.74) is -0.789. The molecular formula is C20H33N3O3. The maximum atomic E-state index is 13.1. The molecule has 3 fully saturated rings. The molecular weight excluding hydrogens is 330 g/mol. The van der Waals surface area contributed by atoms with E-state index in [1.54, 1.807) is 0 Å². The first-order chi connectivity index (χ1) is 12.4. The Morgan fingerprint density at radius 1 is 1.15 bits per heavy atom. The van der Waals surface area contributed by atoms with Crippen molar-refractivity contribution in [1.82, 2.24) is 15.1 Å². The van der Waals surface area contributed by atoms with Gasteiger partial charge >= 0.3 is 6.03 Å². The van der Waals surface area contributed by atoms with Gasteiger partial charge in [0.25, 0.3) is 5.91 Å². The van der Waals surface area contributed by atoms with E-state index in [2.05, 4.69) is 5.32 Å². The Bertz CT molecular complexity index is 571. The monoisotopic (exact) mass is 363 g/mol. The predicted molar refractivity (Wildman–Crippen MR) is 99.5 cm³/mol. The van der Waals surface area contributed by atoms with Gasteiger partial charge in [-0.1, -0.05) is 39.0 Å². The van der Waals surface area contributed by atoms with Gasteiger partial charge in [-0.05, 0) is 45.4 Å². The molecule has 2 atom stereocenters. The molecule has 6 nitrogen and oxygen atoms in total. The van der Waals surface area contributed by atoms with E-state index in [9.17, 15) is 14.4 Å². The first-order valence-electron chi connectivity index (χ1n) is 10.3. The molecule has 0 radical (unpaired) electrons. The van der Waals surface area contributed by atoms with Crippen molar-refractivity contribution < 1.29 is 14.4 Å². The van der Waals surface area contributed by atoms with Crippen molar-refractivity contribution in [3.05, 3.63) is 0 Å². The molecule has 3 rings (SSSR count). The highest BCUT2D eigenvalue weighted by Gasteiger charge is 2.55. The smallest absolute Gasteiger partial charge is 0.325 e. The molecule has 1 heterocycles. The molecule has 6 heteroatoms. The lowest BCUT2D eigenvalue weighted by atomic mass is 9.73. The lowest BCUT2D eigenvalue weighted by Crippen LogP contribution is -2.54. The fraction of sp³-hybridized carbons (Fsp3) is 0.850. The standard InChI is InChI=1S/C20H33N3O3/c1-14(2)23(16-10-5-4-6-11-16)17(24)13-22-18(25)20(21-19(22)26)12-8-7-9-15(20)3/h14-16H,4-13H2,1-3H3,(H,21,26). The van der Waals surface area contributed by atoms with Crippen LogP contribution in [0, 0.1) is 5.92 Å². The molecule has 0 bridgehead atoms. The number of nitrogens with zero attached hydrogens (tertiary/aromatic N) is 2. The van der Waals surface area contributed by atoms with Crippen LogP contribution in [-0.2, 0) is 9.59 Å². The van der Waals surface area contributed by atoms with Crippen LogP contribution in [0.15, 0.2) is 0 Å². The molecule has 2 aliphatic carbocycles. The zero-order valence-electron chi connectivity index (χ0n) is 16.4. The van der Waals surface area contributed by atoms with E-state index in [1.165, 1.54) is 11.3 Å². The van der Waals surface area contributed by atoms with Gasteiger partial charge in [0.15, 0.2) is 0 Å². The number of hydrogen-bond donors (Lipinski definition) is 1. The molecule has 0 aromatic rings. The van der Waals surface area contributed by atoms with Crippen molar-refractivity contribution in [2.45, 2.75) is 96.2 Å². The number of rotatable bonds is 4. The Hall–Kier alpha value is -1.59. The van der Waals surface area contributed by atoms with Gasteiger partial charge in [0.1, 0.15) is 12.1 Å². The van der Waals surface area contributed by atoms with Crippen molar-refractivity contribution in [3.8, 4) is 0 Å². The zero-order chi connectivity index (χ0) is 18.9. The normalized spacial score (nSPS) is 30.2. The minimum absolute atomic E-state index is 0.0777. The summed E-state index contributed by atoms with van der Waals surface area (Å²) in [6.07, 6.45) is 9.20. The average molecular weight is 364 g/mol. The summed E-state index contributed by atoms with van der Waals surface area (Å²) in [7, 11) is 0.